The number of ketones is 1. The maximum absolute atomic E-state index is 12.9. The average Bonchev–Trinajstić information content (AvgIpc) is 3.19. The number of nitrogens with two attached hydrogens (primary N) is 1. The number of nitrogen functional groups attached to an aromatic ring is 1. The zero-order valence-electron chi connectivity index (χ0n) is 18.5. The minimum Gasteiger partial charge on any atom is -0.485 e. The van der Waals surface area contributed by atoms with Crippen LogP contribution in [0.4, 0.5) is 5.82 Å². The van der Waals surface area contributed by atoms with E-state index in [1.807, 2.05) is 31.2 Å². The highest BCUT2D eigenvalue weighted by Gasteiger charge is 2.28. The van der Waals surface area contributed by atoms with Gasteiger partial charge in [0.2, 0.25) is 0 Å². The molecule has 0 saturated heterocycles. The van der Waals surface area contributed by atoms with Crippen molar-refractivity contribution in [1.29, 1.82) is 0 Å². The topological polar surface area (TPSA) is 136 Å². The molecule has 33 heavy (non-hydrogen) atoms. The summed E-state index contributed by atoms with van der Waals surface area (Å²) in [4.78, 5) is 37.8. The number of carbonyl (C=O) groups is 1. The molecule has 3 heterocycles. The van der Waals surface area contributed by atoms with Gasteiger partial charge >= 0.3 is 5.69 Å². The third kappa shape index (κ3) is 4.13. The van der Waals surface area contributed by atoms with E-state index in [0.717, 1.165) is 16.3 Å². The van der Waals surface area contributed by atoms with Crippen molar-refractivity contribution in [3.05, 3.63) is 56.5 Å². The number of thioether (sulfide) groups is 1. The molecule has 0 amide bonds. The summed E-state index contributed by atoms with van der Waals surface area (Å²) in [6.07, 6.45) is 0.173. The zero-order chi connectivity index (χ0) is 23.7. The minimum absolute atomic E-state index is 0.0966. The molecule has 0 spiro atoms. The number of aromatic nitrogens is 5. The molecule has 0 bridgehead atoms. The van der Waals surface area contributed by atoms with E-state index in [1.165, 1.54) is 11.6 Å². The predicted octanol–water partition coefficient (Wildman–Crippen LogP) is 1.16. The van der Waals surface area contributed by atoms with E-state index in [1.54, 1.807) is 11.6 Å². The number of carbonyl (C=O) groups excluding carboxylic acids is 1. The second kappa shape index (κ2) is 9.14. The number of fused-ring (bicyclic) bond motifs is 1. The van der Waals surface area contributed by atoms with Crippen LogP contribution in [-0.2, 0) is 20.6 Å². The lowest BCUT2D eigenvalue weighted by molar-refractivity contribution is 0.0825. The molecule has 0 radical (unpaired) electrons. The summed E-state index contributed by atoms with van der Waals surface area (Å²) in [5.74, 6) is 1.14. The Kier molecular flexibility index (Phi) is 6.27. The number of para-hydroxylation sites is 2. The molecule has 0 fully saturated rings. The third-order valence-electron chi connectivity index (χ3n) is 5.31. The smallest absolute Gasteiger partial charge is 0.332 e. The van der Waals surface area contributed by atoms with Gasteiger partial charge in [-0.25, -0.2) is 4.79 Å². The maximum atomic E-state index is 12.9. The van der Waals surface area contributed by atoms with Crippen LogP contribution in [0.5, 0.6) is 11.5 Å². The lowest BCUT2D eigenvalue weighted by Crippen LogP contribution is -2.42. The van der Waals surface area contributed by atoms with Crippen molar-refractivity contribution in [2.45, 2.75) is 31.1 Å². The van der Waals surface area contributed by atoms with Gasteiger partial charge in [-0.1, -0.05) is 30.8 Å². The number of ether oxygens (including phenoxy) is 2. The Balaban J connectivity index is 1.52. The first-order chi connectivity index (χ1) is 15.8. The molecule has 3 aromatic rings. The van der Waals surface area contributed by atoms with Crippen LogP contribution in [0.25, 0.3) is 0 Å². The monoisotopic (exact) mass is 472 g/mol. The van der Waals surface area contributed by atoms with Crippen LogP contribution in [0.3, 0.4) is 0 Å². The first-order valence-corrected chi connectivity index (χ1v) is 11.3. The van der Waals surface area contributed by atoms with Gasteiger partial charge in [0, 0.05) is 20.6 Å². The molecule has 12 heteroatoms. The number of rotatable bonds is 7. The van der Waals surface area contributed by atoms with Crippen molar-refractivity contribution < 1.29 is 14.3 Å². The molecular weight excluding hydrogens is 448 g/mol. The largest absolute Gasteiger partial charge is 0.485 e. The molecule has 1 aliphatic rings. The Morgan fingerprint density at radius 1 is 1.18 bits per heavy atom. The van der Waals surface area contributed by atoms with Gasteiger partial charge in [-0.15, -0.1) is 10.2 Å². The second-order valence-corrected chi connectivity index (χ2v) is 8.48. The number of nitrogens with zero attached hydrogens (tertiary/aromatic N) is 5. The van der Waals surface area contributed by atoms with Gasteiger partial charge in [-0.3, -0.25) is 18.7 Å². The highest BCUT2D eigenvalue weighted by molar-refractivity contribution is 7.99. The fourth-order valence-corrected chi connectivity index (χ4v) is 4.36. The lowest BCUT2D eigenvalue weighted by atomic mass is 10.2. The number of benzene rings is 1. The molecule has 1 atom stereocenters. The molecule has 1 aliphatic heterocycles. The molecular formula is C21H24N6O5S. The Bertz CT molecular complexity index is 1330. The van der Waals surface area contributed by atoms with Crippen LogP contribution in [0.15, 0.2) is 39.0 Å². The number of anilines is 1. The van der Waals surface area contributed by atoms with Crippen LogP contribution in [-0.4, -0.2) is 42.0 Å². The summed E-state index contributed by atoms with van der Waals surface area (Å²) in [5.41, 5.74) is 4.59. The van der Waals surface area contributed by atoms with Gasteiger partial charge in [-0.2, -0.15) is 0 Å². The van der Waals surface area contributed by atoms with Gasteiger partial charge in [0.1, 0.15) is 18.0 Å². The van der Waals surface area contributed by atoms with Crippen molar-refractivity contribution in [2.24, 2.45) is 14.1 Å². The highest BCUT2D eigenvalue weighted by Crippen LogP contribution is 2.35. The summed E-state index contributed by atoms with van der Waals surface area (Å²) in [5, 5.41) is 8.83. The van der Waals surface area contributed by atoms with Gasteiger partial charge in [0.15, 0.2) is 34.4 Å². The molecule has 4 rings (SSSR count). The minimum atomic E-state index is -0.708. The molecule has 1 aromatic carbocycles. The van der Waals surface area contributed by atoms with Crippen molar-refractivity contribution in [2.75, 3.05) is 18.1 Å². The summed E-state index contributed by atoms with van der Waals surface area (Å²) >= 11 is 1.12. The standard InChI is InChI=1S/C21H24N6O5S/c1-4-9-27-17(22)16(19(29)26(3)21(27)30)12(28)11-33-20-24-23-18(25(20)2)15-10-31-13-7-5-6-8-14(13)32-15/h5-8,15H,4,9-11,22H2,1-3H3. The van der Waals surface area contributed by atoms with Crippen molar-refractivity contribution in [1.82, 2.24) is 23.9 Å². The van der Waals surface area contributed by atoms with Crippen molar-refractivity contribution in [3.63, 3.8) is 0 Å². The van der Waals surface area contributed by atoms with Crippen molar-refractivity contribution in [3.8, 4) is 11.5 Å². The summed E-state index contributed by atoms with van der Waals surface area (Å²) in [7, 11) is 3.10. The number of hydrogen-bond acceptors (Lipinski definition) is 9. The van der Waals surface area contributed by atoms with E-state index < -0.39 is 23.1 Å². The van der Waals surface area contributed by atoms with E-state index in [-0.39, 0.29) is 23.7 Å². The Morgan fingerprint density at radius 2 is 1.91 bits per heavy atom. The summed E-state index contributed by atoms with van der Waals surface area (Å²) in [6, 6.07) is 7.36. The molecule has 2 N–H and O–H groups in total. The Morgan fingerprint density at radius 3 is 2.64 bits per heavy atom. The molecule has 2 aromatic heterocycles. The van der Waals surface area contributed by atoms with Crippen LogP contribution >= 0.6 is 11.8 Å². The number of hydrogen-bond donors (Lipinski definition) is 1. The zero-order valence-corrected chi connectivity index (χ0v) is 19.3. The van der Waals surface area contributed by atoms with Crippen LogP contribution < -0.4 is 26.5 Å². The van der Waals surface area contributed by atoms with E-state index in [2.05, 4.69) is 10.2 Å². The van der Waals surface area contributed by atoms with Gasteiger partial charge in [-0.05, 0) is 18.6 Å². The predicted molar refractivity (Wildman–Crippen MR) is 122 cm³/mol. The second-order valence-electron chi connectivity index (χ2n) is 7.53. The fourth-order valence-electron chi connectivity index (χ4n) is 3.57. The van der Waals surface area contributed by atoms with Crippen LogP contribution in [0.2, 0.25) is 0 Å². The molecule has 1 unspecified atom stereocenters. The summed E-state index contributed by atoms with van der Waals surface area (Å²) < 4.78 is 15.6. The molecule has 11 nitrogen and oxygen atoms in total. The SMILES string of the molecule is CCCn1c(N)c(C(=O)CSc2nnc(C3COc4ccccc4O3)n2C)c(=O)n(C)c1=O. The van der Waals surface area contributed by atoms with Crippen LogP contribution in [0.1, 0.15) is 35.6 Å². The van der Waals surface area contributed by atoms with E-state index in [9.17, 15) is 14.4 Å². The fraction of sp³-hybridized carbons (Fsp3) is 0.381. The highest BCUT2D eigenvalue weighted by atomic mass is 32.2. The molecule has 0 saturated carbocycles. The van der Waals surface area contributed by atoms with Crippen LogP contribution in [0, 0.1) is 0 Å². The van der Waals surface area contributed by atoms with E-state index >= 15 is 0 Å². The summed E-state index contributed by atoms with van der Waals surface area (Å²) in [6.45, 7) is 2.46. The van der Waals surface area contributed by atoms with E-state index in [4.69, 9.17) is 15.2 Å². The normalized spacial score (nSPS) is 14.9. The van der Waals surface area contributed by atoms with Gasteiger partial charge < -0.3 is 19.8 Å². The third-order valence-corrected chi connectivity index (χ3v) is 6.33. The first-order valence-electron chi connectivity index (χ1n) is 10.4. The number of Topliss-reactive ketones (excluding diaryl/α,β-unsaturated/α-hetero) is 1. The molecule has 0 aliphatic carbocycles. The lowest BCUT2D eigenvalue weighted by Gasteiger charge is -2.25. The quantitative estimate of drug-likeness (QED) is 0.397. The molecule has 174 valence electrons. The first kappa shape index (κ1) is 22.6. The van der Waals surface area contributed by atoms with E-state index in [0.29, 0.717) is 35.4 Å². The van der Waals surface area contributed by atoms with Gasteiger partial charge in [0.25, 0.3) is 5.56 Å². The van der Waals surface area contributed by atoms with Gasteiger partial charge in [0.05, 0.1) is 5.75 Å². The maximum Gasteiger partial charge on any atom is 0.332 e. The average molecular weight is 473 g/mol. The van der Waals surface area contributed by atoms with Crippen molar-refractivity contribution >= 4 is 23.4 Å². The Labute approximate surface area is 193 Å². The Hall–Kier alpha value is -3.54.